The molecule has 0 radical (unpaired) electrons. The third kappa shape index (κ3) is 2.74. The van der Waals surface area contributed by atoms with E-state index in [0.29, 0.717) is 13.2 Å². The van der Waals surface area contributed by atoms with Crippen LogP contribution in [-0.2, 0) is 4.74 Å². The van der Waals surface area contributed by atoms with Crippen molar-refractivity contribution in [3.63, 3.8) is 0 Å². The van der Waals surface area contributed by atoms with Gasteiger partial charge in [0.05, 0.1) is 24.3 Å². The number of hydrogen-bond donors (Lipinski definition) is 0. The Balaban J connectivity index is 2.27. The molecule has 1 aromatic rings. The number of nitrogens with zero attached hydrogens (tertiary/aromatic N) is 3. The van der Waals surface area contributed by atoms with E-state index in [-0.39, 0.29) is 33.9 Å². The maximum atomic E-state index is 12.4. The van der Waals surface area contributed by atoms with Gasteiger partial charge in [0.25, 0.3) is 5.91 Å². The molecular formula is C11H13Cl2N3O2. The van der Waals surface area contributed by atoms with Gasteiger partial charge in [0.15, 0.2) is 10.3 Å². The summed E-state index contributed by atoms with van der Waals surface area (Å²) in [5.41, 5.74) is 0.276. The Bertz CT molecular complexity index is 470. The molecule has 0 aliphatic carbocycles. The number of amides is 1. The Morgan fingerprint density at radius 2 is 2.17 bits per heavy atom. The molecule has 0 aromatic carbocycles. The second-order valence-corrected chi connectivity index (χ2v) is 5.07. The Kier molecular flexibility index (Phi) is 4.04. The zero-order valence-corrected chi connectivity index (χ0v) is 11.6. The molecule has 1 aliphatic rings. The molecule has 1 saturated heterocycles. The molecular weight excluding hydrogens is 277 g/mol. The second kappa shape index (κ2) is 5.38. The fourth-order valence-corrected chi connectivity index (χ4v) is 2.16. The summed E-state index contributed by atoms with van der Waals surface area (Å²) in [6.45, 7) is 4.88. The molecule has 7 heteroatoms. The van der Waals surface area contributed by atoms with Crippen LogP contribution in [-0.4, -0.2) is 46.3 Å². The Hall–Kier alpha value is -0.910. The lowest BCUT2D eigenvalue weighted by Crippen LogP contribution is -2.50. The molecule has 2 heterocycles. The Morgan fingerprint density at radius 3 is 2.89 bits per heavy atom. The predicted molar refractivity (Wildman–Crippen MR) is 68.0 cm³/mol. The van der Waals surface area contributed by atoms with E-state index in [4.69, 9.17) is 27.9 Å². The third-order valence-electron chi connectivity index (χ3n) is 2.82. The fourth-order valence-electron chi connectivity index (χ4n) is 1.84. The van der Waals surface area contributed by atoms with Gasteiger partial charge in [-0.3, -0.25) is 4.79 Å². The lowest BCUT2D eigenvalue weighted by molar-refractivity contribution is -0.0387. The smallest absolute Gasteiger partial charge is 0.257 e. The summed E-state index contributed by atoms with van der Waals surface area (Å²) in [6, 6.07) is 1.43. The lowest BCUT2D eigenvalue weighted by atomic mass is 10.1. The molecule has 1 amide bonds. The molecule has 0 spiro atoms. The van der Waals surface area contributed by atoms with Gasteiger partial charge in [-0.2, -0.15) is 0 Å². The van der Waals surface area contributed by atoms with Crippen molar-refractivity contribution in [1.82, 2.24) is 15.1 Å². The number of morpholine rings is 1. The maximum Gasteiger partial charge on any atom is 0.257 e. The third-order valence-corrected chi connectivity index (χ3v) is 3.28. The van der Waals surface area contributed by atoms with E-state index in [0.717, 1.165) is 0 Å². The maximum absolute atomic E-state index is 12.4. The van der Waals surface area contributed by atoms with E-state index in [9.17, 15) is 4.79 Å². The van der Waals surface area contributed by atoms with Crippen molar-refractivity contribution in [2.24, 2.45) is 0 Å². The van der Waals surface area contributed by atoms with Gasteiger partial charge in [0, 0.05) is 6.54 Å². The van der Waals surface area contributed by atoms with Gasteiger partial charge in [-0.25, -0.2) is 0 Å². The van der Waals surface area contributed by atoms with Gasteiger partial charge in [-0.15, -0.1) is 10.2 Å². The second-order valence-electron chi connectivity index (χ2n) is 4.32. The van der Waals surface area contributed by atoms with E-state index >= 15 is 0 Å². The molecule has 2 atom stereocenters. The molecule has 1 aromatic heterocycles. The van der Waals surface area contributed by atoms with Crippen molar-refractivity contribution in [2.75, 3.05) is 13.2 Å². The summed E-state index contributed by atoms with van der Waals surface area (Å²) < 4.78 is 5.48. The van der Waals surface area contributed by atoms with E-state index in [2.05, 4.69) is 10.2 Å². The topological polar surface area (TPSA) is 55.3 Å². The van der Waals surface area contributed by atoms with Gasteiger partial charge in [0.2, 0.25) is 0 Å². The SMILES string of the molecule is CC1CN(C(=O)c2cc(Cl)nnc2Cl)C(C)CO1. The van der Waals surface area contributed by atoms with Crippen molar-refractivity contribution >= 4 is 29.1 Å². The van der Waals surface area contributed by atoms with E-state index in [1.807, 2.05) is 13.8 Å². The number of rotatable bonds is 1. The normalized spacial score (nSPS) is 24.1. The molecule has 0 bridgehead atoms. The summed E-state index contributed by atoms with van der Waals surface area (Å²) in [5.74, 6) is -0.195. The van der Waals surface area contributed by atoms with Crippen molar-refractivity contribution in [3.05, 3.63) is 21.9 Å². The number of carbonyl (C=O) groups is 1. The first-order valence-corrected chi connectivity index (χ1v) is 6.36. The van der Waals surface area contributed by atoms with Crippen molar-refractivity contribution in [3.8, 4) is 0 Å². The van der Waals surface area contributed by atoms with Crippen molar-refractivity contribution in [2.45, 2.75) is 26.0 Å². The quantitative estimate of drug-likeness (QED) is 0.794. The molecule has 2 unspecified atom stereocenters. The van der Waals surface area contributed by atoms with Crippen molar-refractivity contribution in [1.29, 1.82) is 0 Å². The molecule has 0 N–H and O–H groups in total. The summed E-state index contributed by atoms with van der Waals surface area (Å²) >= 11 is 11.6. The minimum absolute atomic E-state index is 0.00305. The highest BCUT2D eigenvalue weighted by atomic mass is 35.5. The van der Waals surface area contributed by atoms with Crippen LogP contribution in [0.25, 0.3) is 0 Å². The number of hydrogen-bond acceptors (Lipinski definition) is 4. The van der Waals surface area contributed by atoms with Gasteiger partial charge in [0.1, 0.15) is 0 Å². The first kappa shape index (κ1) is 13.5. The average molecular weight is 290 g/mol. The minimum Gasteiger partial charge on any atom is -0.375 e. The zero-order chi connectivity index (χ0) is 13.3. The zero-order valence-electron chi connectivity index (χ0n) is 10.1. The van der Waals surface area contributed by atoms with Crippen molar-refractivity contribution < 1.29 is 9.53 Å². The molecule has 18 heavy (non-hydrogen) atoms. The lowest BCUT2D eigenvalue weighted by Gasteiger charge is -2.36. The van der Waals surface area contributed by atoms with Crippen LogP contribution >= 0.6 is 23.2 Å². The predicted octanol–water partition coefficient (Wildman–Crippen LogP) is 2.03. The molecule has 1 aliphatic heterocycles. The average Bonchev–Trinajstić information content (AvgIpc) is 2.34. The van der Waals surface area contributed by atoms with Crippen LogP contribution in [0.2, 0.25) is 10.3 Å². The van der Waals surface area contributed by atoms with Crippen LogP contribution < -0.4 is 0 Å². The van der Waals surface area contributed by atoms with Crippen LogP contribution in [0.4, 0.5) is 0 Å². The largest absolute Gasteiger partial charge is 0.375 e. The highest BCUT2D eigenvalue weighted by Gasteiger charge is 2.29. The minimum atomic E-state index is -0.195. The monoisotopic (exact) mass is 289 g/mol. The number of halogens is 2. The summed E-state index contributed by atoms with van der Waals surface area (Å²) in [7, 11) is 0. The summed E-state index contributed by atoms with van der Waals surface area (Å²) in [6.07, 6.45) is 0.00851. The fraction of sp³-hybridized carbons (Fsp3) is 0.545. The highest BCUT2D eigenvalue weighted by Crippen LogP contribution is 2.21. The summed E-state index contributed by atoms with van der Waals surface area (Å²) in [5, 5.41) is 7.45. The van der Waals surface area contributed by atoms with E-state index < -0.39 is 0 Å². The van der Waals surface area contributed by atoms with Crippen LogP contribution in [0.15, 0.2) is 6.07 Å². The van der Waals surface area contributed by atoms with E-state index in [1.165, 1.54) is 6.07 Å². The highest BCUT2D eigenvalue weighted by molar-refractivity contribution is 6.34. The van der Waals surface area contributed by atoms with Gasteiger partial charge < -0.3 is 9.64 Å². The van der Waals surface area contributed by atoms with E-state index in [1.54, 1.807) is 4.90 Å². The number of carbonyl (C=O) groups excluding carboxylic acids is 1. The molecule has 0 saturated carbocycles. The van der Waals surface area contributed by atoms with Crippen LogP contribution in [0.3, 0.4) is 0 Å². The van der Waals surface area contributed by atoms with Crippen LogP contribution in [0.5, 0.6) is 0 Å². The van der Waals surface area contributed by atoms with Crippen LogP contribution in [0.1, 0.15) is 24.2 Å². The Labute approximate surface area is 115 Å². The number of ether oxygens (including phenoxy) is 1. The number of aromatic nitrogens is 2. The van der Waals surface area contributed by atoms with Gasteiger partial charge in [-0.1, -0.05) is 23.2 Å². The molecule has 98 valence electrons. The summed E-state index contributed by atoms with van der Waals surface area (Å²) in [4.78, 5) is 14.1. The van der Waals surface area contributed by atoms with Gasteiger partial charge >= 0.3 is 0 Å². The first-order chi connectivity index (χ1) is 8.49. The molecule has 1 fully saturated rings. The molecule has 2 rings (SSSR count). The van der Waals surface area contributed by atoms with Crippen LogP contribution in [0, 0.1) is 0 Å². The van der Waals surface area contributed by atoms with Gasteiger partial charge in [-0.05, 0) is 19.9 Å². The Morgan fingerprint density at radius 1 is 1.44 bits per heavy atom. The first-order valence-electron chi connectivity index (χ1n) is 5.60. The molecule has 5 nitrogen and oxygen atoms in total. The standard InChI is InChI=1S/C11H13Cl2N3O2/c1-6-5-18-7(2)4-16(6)11(17)8-3-9(12)14-15-10(8)13/h3,6-7H,4-5H2,1-2H3.